The molecule has 8 nitrogen and oxygen atoms in total. The number of hydrogen-bond donors (Lipinski definition) is 5. The monoisotopic (exact) mass is 516 g/mol. The molecule has 2 aromatic carbocycles. The summed E-state index contributed by atoms with van der Waals surface area (Å²) in [6, 6.07) is 6.48. The maximum Gasteiger partial charge on any atom is 0.194 e. The minimum Gasteiger partial charge on any atom is -0.397 e. The zero-order valence-corrected chi connectivity index (χ0v) is 18.8. The average molecular weight is 517 g/mol. The Kier molecular flexibility index (Phi) is 8.32. The van der Waals surface area contributed by atoms with Gasteiger partial charge in [0, 0.05) is 21.7 Å². The van der Waals surface area contributed by atoms with E-state index in [0.717, 1.165) is 23.0 Å². The third kappa shape index (κ3) is 5.59. The van der Waals surface area contributed by atoms with Gasteiger partial charge in [0.05, 0.1) is 23.9 Å². The van der Waals surface area contributed by atoms with Crippen molar-refractivity contribution in [1.82, 2.24) is 5.01 Å². The van der Waals surface area contributed by atoms with Gasteiger partial charge in [0.25, 0.3) is 0 Å². The lowest BCUT2D eigenvalue weighted by molar-refractivity contribution is -0.184. The molecule has 34 heavy (non-hydrogen) atoms. The molecule has 0 bridgehead atoms. The fourth-order valence-electron chi connectivity index (χ4n) is 3.39. The Labute approximate surface area is 201 Å². The molecule has 1 heterocycles. The second kappa shape index (κ2) is 10.8. The van der Waals surface area contributed by atoms with E-state index in [0.29, 0.717) is 17.0 Å². The Hall–Kier alpha value is -2.50. The Morgan fingerprint density at radius 2 is 1.82 bits per heavy atom. The SMILES string of the molecule is N#Cc1cc(Cl)cc(S[C@H]2OC(CO)[C@H](O)C(N(N)/C=C(\N)c3cc(F)c(F)c(F)c3)C2O)c1. The van der Waals surface area contributed by atoms with Crippen molar-refractivity contribution in [3.05, 3.63) is 70.1 Å². The van der Waals surface area contributed by atoms with Gasteiger partial charge in [0.15, 0.2) is 17.5 Å². The van der Waals surface area contributed by atoms with Crippen LogP contribution >= 0.6 is 23.4 Å². The van der Waals surface area contributed by atoms with E-state index in [4.69, 9.17) is 33.2 Å². The molecule has 1 aliphatic rings. The van der Waals surface area contributed by atoms with Gasteiger partial charge < -0.3 is 30.8 Å². The lowest BCUT2D eigenvalue weighted by atomic mass is 9.96. The first kappa shape index (κ1) is 26.1. The predicted octanol–water partition coefficient (Wildman–Crippen LogP) is 1.66. The van der Waals surface area contributed by atoms with Crippen LogP contribution in [0.1, 0.15) is 11.1 Å². The molecule has 0 aromatic heterocycles. The molecular weight excluding hydrogens is 497 g/mol. The second-order valence-electron chi connectivity index (χ2n) is 7.39. The van der Waals surface area contributed by atoms with Gasteiger partial charge in [-0.05, 0) is 30.3 Å². The van der Waals surface area contributed by atoms with Crippen LogP contribution in [0.3, 0.4) is 0 Å². The molecule has 0 aliphatic carbocycles. The molecule has 1 saturated heterocycles. The van der Waals surface area contributed by atoms with Gasteiger partial charge >= 0.3 is 0 Å². The lowest BCUT2D eigenvalue weighted by Gasteiger charge is -2.45. The molecule has 0 saturated carbocycles. The molecule has 1 aliphatic heterocycles. The summed E-state index contributed by atoms with van der Waals surface area (Å²) in [5, 5.41) is 41.4. The van der Waals surface area contributed by atoms with Crippen LogP contribution in [0.2, 0.25) is 5.02 Å². The van der Waals surface area contributed by atoms with Crippen LogP contribution in [0.25, 0.3) is 5.70 Å². The molecule has 182 valence electrons. The maximum atomic E-state index is 13.6. The smallest absolute Gasteiger partial charge is 0.194 e. The van der Waals surface area contributed by atoms with E-state index in [1.807, 2.05) is 6.07 Å². The first-order chi connectivity index (χ1) is 16.0. The van der Waals surface area contributed by atoms with E-state index in [1.54, 1.807) is 0 Å². The third-order valence-corrected chi connectivity index (χ3v) is 6.40. The van der Waals surface area contributed by atoms with E-state index < -0.39 is 53.8 Å². The van der Waals surface area contributed by atoms with E-state index in [1.165, 1.54) is 18.2 Å². The summed E-state index contributed by atoms with van der Waals surface area (Å²) in [7, 11) is 0. The molecule has 7 N–H and O–H groups in total. The summed E-state index contributed by atoms with van der Waals surface area (Å²) in [5.41, 5.74) is 4.53. The van der Waals surface area contributed by atoms with Crippen molar-refractivity contribution in [2.45, 2.75) is 34.7 Å². The van der Waals surface area contributed by atoms with E-state index in [9.17, 15) is 28.5 Å². The summed E-state index contributed by atoms with van der Waals surface area (Å²) in [6.45, 7) is -0.623. The summed E-state index contributed by atoms with van der Waals surface area (Å²) in [6.07, 6.45) is -3.13. The number of nitrogens with zero attached hydrogens (tertiary/aromatic N) is 2. The highest BCUT2D eigenvalue weighted by Crippen LogP contribution is 2.36. The number of aliphatic hydroxyl groups is 3. The number of rotatable bonds is 6. The van der Waals surface area contributed by atoms with Crippen LogP contribution in [-0.4, -0.2) is 56.7 Å². The number of nitriles is 1. The summed E-state index contributed by atoms with van der Waals surface area (Å²) < 4.78 is 45.9. The predicted molar refractivity (Wildman–Crippen MR) is 118 cm³/mol. The number of hydrogen-bond acceptors (Lipinski definition) is 9. The topological polar surface area (TPSA) is 149 Å². The fourth-order valence-corrected chi connectivity index (χ4v) is 4.85. The van der Waals surface area contributed by atoms with Crippen LogP contribution in [0.4, 0.5) is 13.2 Å². The highest BCUT2D eigenvalue weighted by Gasteiger charge is 2.46. The number of ether oxygens (including phenoxy) is 1. The van der Waals surface area contributed by atoms with Gasteiger partial charge in [-0.1, -0.05) is 23.4 Å². The molecule has 2 aromatic rings. The molecule has 0 spiro atoms. The van der Waals surface area contributed by atoms with Gasteiger partial charge in [-0.3, -0.25) is 0 Å². The van der Waals surface area contributed by atoms with Crippen molar-refractivity contribution in [2.24, 2.45) is 11.6 Å². The van der Waals surface area contributed by atoms with E-state index >= 15 is 0 Å². The number of halogens is 4. The van der Waals surface area contributed by atoms with Crippen molar-refractivity contribution in [3.8, 4) is 6.07 Å². The number of nitrogens with two attached hydrogens (primary N) is 2. The van der Waals surface area contributed by atoms with Gasteiger partial charge in [0.2, 0.25) is 0 Å². The summed E-state index contributed by atoms with van der Waals surface area (Å²) >= 11 is 6.99. The minimum atomic E-state index is -1.66. The summed E-state index contributed by atoms with van der Waals surface area (Å²) in [4.78, 5) is 0.468. The van der Waals surface area contributed by atoms with Gasteiger partial charge in [0.1, 0.15) is 29.8 Å². The summed E-state index contributed by atoms with van der Waals surface area (Å²) in [5.74, 6) is 1.41. The Morgan fingerprint density at radius 1 is 1.18 bits per heavy atom. The standard InChI is InChI=1S/C21H20ClF3N4O4S/c22-11-1-9(6-26)2-12(5-11)34-21-20(32)18(19(31)16(8-30)33-21)29(28)7-15(27)10-3-13(23)17(25)14(24)4-10/h1-5,7,16,18-21,30-32H,8,27-28H2/b15-7-/t16?,18?,19-,20?,21+/m0/s1. The van der Waals surface area contributed by atoms with Gasteiger partial charge in [-0.25, -0.2) is 19.0 Å². The van der Waals surface area contributed by atoms with Crippen LogP contribution < -0.4 is 11.6 Å². The van der Waals surface area contributed by atoms with Crippen molar-refractivity contribution in [1.29, 1.82) is 5.26 Å². The van der Waals surface area contributed by atoms with Gasteiger partial charge in [-0.2, -0.15) is 5.26 Å². The molecule has 1 fully saturated rings. The normalized spacial score (nSPS) is 25.1. The molecular formula is C21H20ClF3N4O4S. The molecule has 0 radical (unpaired) electrons. The van der Waals surface area contributed by atoms with Crippen LogP contribution in [0.5, 0.6) is 0 Å². The van der Waals surface area contributed by atoms with Crippen LogP contribution in [0, 0.1) is 28.8 Å². The van der Waals surface area contributed by atoms with Crippen molar-refractivity contribution >= 4 is 29.1 Å². The number of aliphatic hydroxyl groups excluding tert-OH is 3. The first-order valence-corrected chi connectivity index (χ1v) is 11.0. The number of benzene rings is 2. The Bertz CT molecular complexity index is 1110. The zero-order chi connectivity index (χ0) is 25.2. The quantitative estimate of drug-likeness (QED) is 0.219. The molecule has 3 unspecified atom stereocenters. The molecule has 0 amide bonds. The average Bonchev–Trinajstić information content (AvgIpc) is 2.78. The van der Waals surface area contributed by atoms with Crippen LogP contribution in [-0.2, 0) is 4.74 Å². The second-order valence-corrected chi connectivity index (χ2v) is 9.00. The van der Waals surface area contributed by atoms with E-state index in [2.05, 4.69) is 0 Å². The lowest BCUT2D eigenvalue weighted by Crippen LogP contribution is -2.64. The fraction of sp³-hybridized carbons (Fsp3) is 0.286. The highest BCUT2D eigenvalue weighted by molar-refractivity contribution is 7.99. The Balaban J connectivity index is 1.89. The molecule has 13 heteroatoms. The largest absolute Gasteiger partial charge is 0.397 e. The van der Waals surface area contributed by atoms with E-state index in [-0.39, 0.29) is 21.8 Å². The molecule has 3 rings (SSSR count). The minimum absolute atomic E-state index is 0.226. The highest BCUT2D eigenvalue weighted by atomic mass is 35.5. The maximum absolute atomic E-state index is 13.6. The van der Waals surface area contributed by atoms with Crippen LogP contribution in [0.15, 0.2) is 41.4 Å². The number of thioether (sulfide) groups is 1. The van der Waals surface area contributed by atoms with Crippen molar-refractivity contribution < 1.29 is 33.2 Å². The van der Waals surface area contributed by atoms with Crippen molar-refractivity contribution in [2.75, 3.05) is 6.61 Å². The molecule has 5 atom stereocenters. The third-order valence-electron chi connectivity index (χ3n) is 5.05. The van der Waals surface area contributed by atoms with Crippen molar-refractivity contribution in [3.63, 3.8) is 0 Å². The van der Waals surface area contributed by atoms with Gasteiger partial charge in [-0.15, -0.1) is 0 Å². The zero-order valence-electron chi connectivity index (χ0n) is 17.3. The number of hydrazine groups is 1. The Morgan fingerprint density at radius 3 is 2.41 bits per heavy atom. The first-order valence-electron chi connectivity index (χ1n) is 9.70.